The molecule has 156 valence electrons. The molecule has 1 amide bonds. The molecule has 3 aromatic carbocycles. The summed E-state index contributed by atoms with van der Waals surface area (Å²) in [5, 5.41) is 12.3. The number of methoxy groups -OCH3 is 1. The van der Waals surface area contributed by atoms with E-state index in [1.165, 1.54) is 5.56 Å². The summed E-state index contributed by atoms with van der Waals surface area (Å²) in [6, 6.07) is 23.0. The second kappa shape index (κ2) is 8.80. The van der Waals surface area contributed by atoms with E-state index in [-0.39, 0.29) is 12.5 Å². The third kappa shape index (κ3) is 3.90. The summed E-state index contributed by atoms with van der Waals surface area (Å²) in [4.78, 5) is 15.3. The zero-order chi connectivity index (χ0) is 21.8. The molecule has 0 aromatic heterocycles. The SMILES string of the molecule is CCc1ccc(N2C(=O)c3ccccc3N[C@@H]2c2ccc(OCC#N)c(OC)c2)cc1. The predicted octanol–water partition coefficient (Wildman–Crippen LogP) is 4.93. The summed E-state index contributed by atoms with van der Waals surface area (Å²) in [6.07, 6.45) is 0.494. The van der Waals surface area contributed by atoms with Crippen LogP contribution in [0.25, 0.3) is 0 Å². The van der Waals surface area contributed by atoms with E-state index in [2.05, 4.69) is 12.2 Å². The van der Waals surface area contributed by atoms with Crippen LogP contribution in [0.4, 0.5) is 11.4 Å². The summed E-state index contributed by atoms with van der Waals surface area (Å²) in [7, 11) is 1.55. The Morgan fingerprint density at radius 2 is 1.84 bits per heavy atom. The van der Waals surface area contributed by atoms with Gasteiger partial charge in [0, 0.05) is 11.4 Å². The molecule has 3 aromatic rings. The van der Waals surface area contributed by atoms with Gasteiger partial charge in [0.15, 0.2) is 18.1 Å². The first kappa shape index (κ1) is 20.3. The van der Waals surface area contributed by atoms with Crippen LogP contribution < -0.4 is 19.7 Å². The van der Waals surface area contributed by atoms with Crippen LogP contribution in [0.5, 0.6) is 11.5 Å². The van der Waals surface area contributed by atoms with Gasteiger partial charge in [-0.2, -0.15) is 5.26 Å². The lowest BCUT2D eigenvalue weighted by Crippen LogP contribution is -2.43. The first-order valence-electron chi connectivity index (χ1n) is 10.1. The molecule has 1 N–H and O–H groups in total. The Hall–Kier alpha value is -3.98. The van der Waals surface area contributed by atoms with Crippen molar-refractivity contribution in [3.8, 4) is 17.6 Å². The third-order valence-corrected chi connectivity index (χ3v) is 5.35. The van der Waals surface area contributed by atoms with Crippen molar-refractivity contribution < 1.29 is 14.3 Å². The van der Waals surface area contributed by atoms with Crippen molar-refractivity contribution in [1.29, 1.82) is 5.26 Å². The van der Waals surface area contributed by atoms with Gasteiger partial charge in [0.25, 0.3) is 5.91 Å². The van der Waals surface area contributed by atoms with Crippen LogP contribution in [0.3, 0.4) is 0 Å². The Morgan fingerprint density at radius 1 is 1.06 bits per heavy atom. The molecule has 0 saturated heterocycles. The number of fused-ring (bicyclic) bond motifs is 1. The largest absolute Gasteiger partial charge is 0.493 e. The minimum Gasteiger partial charge on any atom is -0.493 e. The highest BCUT2D eigenvalue weighted by Crippen LogP contribution is 2.39. The van der Waals surface area contributed by atoms with Gasteiger partial charge in [0.1, 0.15) is 12.2 Å². The number of hydrogen-bond acceptors (Lipinski definition) is 5. The Bertz CT molecular complexity index is 1140. The second-order valence-corrected chi connectivity index (χ2v) is 7.14. The number of aryl methyl sites for hydroxylation is 1. The van der Waals surface area contributed by atoms with Gasteiger partial charge in [0.05, 0.1) is 12.7 Å². The maximum Gasteiger partial charge on any atom is 0.262 e. The van der Waals surface area contributed by atoms with Gasteiger partial charge in [-0.05, 0) is 53.9 Å². The normalized spacial score (nSPS) is 14.9. The highest BCUT2D eigenvalue weighted by molar-refractivity contribution is 6.12. The summed E-state index contributed by atoms with van der Waals surface area (Å²) >= 11 is 0. The van der Waals surface area contributed by atoms with Gasteiger partial charge in [0.2, 0.25) is 0 Å². The van der Waals surface area contributed by atoms with E-state index < -0.39 is 6.17 Å². The summed E-state index contributed by atoms with van der Waals surface area (Å²) in [5.74, 6) is 0.906. The first-order chi connectivity index (χ1) is 15.2. The zero-order valence-corrected chi connectivity index (χ0v) is 17.5. The van der Waals surface area contributed by atoms with Crippen molar-refractivity contribution in [2.75, 3.05) is 23.9 Å². The molecule has 0 unspecified atom stereocenters. The van der Waals surface area contributed by atoms with Crippen molar-refractivity contribution in [3.63, 3.8) is 0 Å². The molecule has 1 aliphatic heterocycles. The molecule has 0 fully saturated rings. The maximum absolute atomic E-state index is 13.5. The average Bonchev–Trinajstić information content (AvgIpc) is 2.82. The Morgan fingerprint density at radius 3 is 2.55 bits per heavy atom. The fourth-order valence-corrected chi connectivity index (χ4v) is 3.73. The summed E-state index contributed by atoms with van der Waals surface area (Å²) in [5.41, 5.74) is 4.25. The molecule has 1 aliphatic rings. The van der Waals surface area contributed by atoms with Gasteiger partial charge in [-0.3, -0.25) is 9.69 Å². The Labute approximate surface area is 181 Å². The third-order valence-electron chi connectivity index (χ3n) is 5.35. The number of carbonyl (C=O) groups excluding carboxylic acids is 1. The van der Waals surface area contributed by atoms with Crippen molar-refractivity contribution >= 4 is 17.3 Å². The van der Waals surface area contributed by atoms with Crippen molar-refractivity contribution in [1.82, 2.24) is 0 Å². The van der Waals surface area contributed by atoms with Crippen LogP contribution in [-0.4, -0.2) is 19.6 Å². The molecule has 1 atom stereocenters. The number of benzene rings is 3. The van der Waals surface area contributed by atoms with E-state index in [1.807, 2.05) is 66.7 Å². The highest BCUT2D eigenvalue weighted by Gasteiger charge is 2.34. The first-order valence-corrected chi connectivity index (χ1v) is 10.1. The van der Waals surface area contributed by atoms with Gasteiger partial charge in [-0.1, -0.05) is 37.3 Å². The van der Waals surface area contributed by atoms with Crippen LogP contribution in [0, 0.1) is 11.3 Å². The number of nitrogens with one attached hydrogen (secondary N) is 1. The van der Waals surface area contributed by atoms with E-state index in [1.54, 1.807) is 18.1 Å². The lowest BCUT2D eigenvalue weighted by molar-refractivity contribution is 0.0975. The number of rotatable bonds is 6. The van der Waals surface area contributed by atoms with Crippen molar-refractivity contribution in [2.45, 2.75) is 19.5 Å². The molecule has 0 saturated carbocycles. The minimum absolute atomic E-state index is 0.0703. The van der Waals surface area contributed by atoms with E-state index in [4.69, 9.17) is 14.7 Å². The fraction of sp³-hybridized carbons (Fsp3) is 0.200. The quantitative estimate of drug-likeness (QED) is 0.620. The van der Waals surface area contributed by atoms with Gasteiger partial charge in [-0.25, -0.2) is 0 Å². The second-order valence-electron chi connectivity index (χ2n) is 7.14. The smallest absolute Gasteiger partial charge is 0.262 e. The number of hydrogen-bond donors (Lipinski definition) is 1. The average molecular weight is 413 g/mol. The molecule has 0 bridgehead atoms. The maximum atomic E-state index is 13.5. The van der Waals surface area contributed by atoms with Crippen LogP contribution in [0.1, 0.15) is 34.6 Å². The lowest BCUT2D eigenvalue weighted by Gasteiger charge is -2.38. The van der Waals surface area contributed by atoms with Gasteiger partial charge < -0.3 is 14.8 Å². The predicted molar refractivity (Wildman–Crippen MR) is 120 cm³/mol. The Balaban J connectivity index is 1.79. The molecule has 6 heteroatoms. The summed E-state index contributed by atoms with van der Waals surface area (Å²) in [6.45, 7) is 2.03. The molecule has 31 heavy (non-hydrogen) atoms. The van der Waals surface area contributed by atoms with Crippen LogP contribution in [0.15, 0.2) is 66.7 Å². The summed E-state index contributed by atoms with van der Waals surface area (Å²) < 4.78 is 10.9. The van der Waals surface area contributed by atoms with Crippen molar-refractivity contribution in [3.05, 3.63) is 83.4 Å². The number of amides is 1. The molecular weight excluding hydrogens is 390 g/mol. The van der Waals surface area contributed by atoms with Crippen molar-refractivity contribution in [2.24, 2.45) is 0 Å². The molecule has 0 aliphatic carbocycles. The zero-order valence-electron chi connectivity index (χ0n) is 17.5. The molecule has 0 radical (unpaired) electrons. The van der Waals surface area contributed by atoms with Crippen LogP contribution in [-0.2, 0) is 6.42 Å². The minimum atomic E-state index is -0.436. The number of nitrogens with zero attached hydrogens (tertiary/aromatic N) is 2. The molecular formula is C25H23N3O3. The molecule has 1 heterocycles. The molecule has 6 nitrogen and oxygen atoms in total. The Kier molecular flexibility index (Phi) is 5.76. The van der Waals surface area contributed by atoms with Gasteiger partial charge in [-0.15, -0.1) is 0 Å². The molecule has 0 spiro atoms. The number of anilines is 2. The van der Waals surface area contributed by atoms with E-state index in [9.17, 15) is 4.79 Å². The number of para-hydroxylation sites is 1. The fourth-order valence-electron chi connectivity index (χ4n) is 3.73. The number of ether oxygens (including phenoxy) is 2. The molecule has 4 rings (SSSR count). The lowest BCUT2D eigenvalue weighted by atomic mass is 10.0. The van der Waals surface area contributed by atoms with E-state index >= 15 is 0 Å². The van der Waals surface area contributed by atoms with E-state index in [0.717, 1.165) is 23.4 Å². The van der Waals surface area contributed by atoms with E-state index in [0.29, 0.717) is 17.1 Å². The topological polar surface area (TPSA) is 74.6 Å². The number of carbonyl (C=O) groups is 1. The van der Waals surface area contributed by atoms with Gasteiger partial charge >= 0.3 is 0 Å². The monoisotopic (exact) mass is 413 g/mol. The van der Waals surface area contributed by atoms with Crippen LogP contribution in [0.2, 0.25) is 0 Å². The van der Waals surface area contributed by atoms with Crippen LogP contribution >= 0.6 is 0 Å². The standard InChI is InChI=1S/C25H23N3O3/c1-3-17-8-11-19(12-9-17)28-24(27-21-7-5-4-6-20(21)25(28)29)18-10-13-22(31-15-14-26)23(16-18)30-2/h4-13,16,24,27H,3,15H2,1-2H3/t24-/m0/s1. The number of nitriles is 1. The highest BCUT2D eigenvalue weighted by atomic mass is 16.5.